The number of unbranched alkanes of at least 4 members (excludes halogenated alkanes) is 2. The number of para-hydroxylation sites is 1. The van der Waals surface area contributed by atoms with Crippen LogP contribution in [0, 0.1) is 0 Å². The van der Waals surface area contributed by atoms with Gasteiger partial charge >= 0.3 is 0 Å². The fourth-order valence-electron chi connectivity index (χ4n) is 2.27. The van der Waals surface area contributed by atoms with E-state index in [9.17, 15) is 0 Å². The number of rotatable bonds is 9. The van der Waals surface area contributed by atoms with Crippen molar-refractivity contribution in [2.45, 2.75) is 25.3 Å². The number of benzene rings is 1. The largest absolute Gasteiger partial charge is 0.396 e. The van der Waals surface area contributed by atoms with Gasteiger partial charge in [0.05, 0.1) is 11.9 Å². The predicted octanol–water partition coefficient (Wildman–Crippen LogP) is 1.62. The lowest BCUT2D eigenvalue weighted by Crippen LogP contribution is -2.28. The molecule has 21 heavy (non-hydrogen) atoms. The molecular weight excluding hydrogens is 264 g/mol. The van der Waals surface area contributed by atoms with Gasteiger partial charge in [-0.15, -0.1) is 0 Å². The fraction of sp³-hybridized carbons (Fsp3) is 0.438. The molecule has 0 fully saturated rings. The van der Waals surface area contributed by atoms with E-state index in [0.29, 0.717) is 6.54 Å². The number of nitrogens with two attached hydrogens (primary N) is 1. The van der Waals surface area contributed by atoms with Gasteiger partial charge in [-0.05, 0) is 37.9 Å². The molecule has 1 aromatic heterocycles. The summed E-state index contributed by atoms with van der Waals surface area (Å²) in [6.45, 7) is 1.71. The highest BCUT2D eigenvalue weighted by molar-refractivity contribution is 5.31. The van der Waals surface area contributed by atoms with E-state index in [1.54, 1.807) is 0 Å². The third-order valence-corrected chi connectivity index (χ3v) is 3.49. The lowest BCUT2D eigenvalue weighted by atomic mass is 10.1. The maximum Gasteiger partial charge on any atom is 0.0645 e. The summed E-state index contributed by atoms with van der Waals surface area (Å²) in [5, 5.41) is 16.6. The van der Waals surface area contributed by atoms with Gasteiger partial charge in [-0.1, -0.05) is 18.2 Å². The molecule has 5 heteroatoms. The number of hydrogen-bond acceptors (Lipinski definition) is 4. The van der Waals surface area contributed by atoms with Crippen molar-refractivity contribution in [1.29, 1.82) is 0 Å². The Morgan fingerprint density at radius 3 is 2.71 bits per heavy atom. The quantitative estimate of drug-likeness (QED) is 0.613. The van der Waals surface area contributed by atoms with Gasteiger partial charge in [0.15, 0.2) is 0 Å². The number of nitrogens with zero attached hydrogens (tertiary/aromatic N) is 2. The Kier molecular flexibility index (Phi) is 6.40. The van der Waals surface area contributed by atoms with E-state index < -0.39 is 0 Å². The minimum Gasteiger partial charge on any atom is -0.396 e. The Labute approximate surface area is 125 Å². The van der Waals surface area contributed by atoms with Crippen LogP contribution in [0.2, 0.25) is 0 Å². The van der Waals surface area contributed by atoms with Gasteiger partial charge in [0.2, 0.25) is 0 Å². The van der Waals surface area contributed by atoms with Crippen molar-refractivity contribution in [1.82, 2.24) is 15.1 Å². The molecule has 1 atom stereocenters. The van der Waals surface area contributed by atoms with E-state index in [1.807, 2.05) is 47.4 Å². The Balaban J connectivity index is 1.92. The van der Waals surface area contributed by atoms with Crippen molar-refractivity contribution in [3.05, 3.63) is 48.3 Å². The highest BCUT2D eigenvalue weighted by Crippen LogP contribution is 2.14. The van der Waals surface area contributed by atoms with E-state index in [4.69, 9.17) is 10.8 Å². The topological polar surface area (TPSA) is 76.1 Å². The van der Waals surface area contributed by atoms with E-state index >= 15 is 0 Å². The van der Waals surface area contributed by atoms with Crippen molar-refractivity contribution in [3.8, 4) is 5.69 Å². The summed E-state index contributed by atoms with van der Waals surface area (Å²) < 4.78 is 1.87. The second-order valence-corrected chi connectivity index (χ2v) is 5.08. The first-order chi connectivity index (χ1) is 10.3. The smallest absolute Gasteiger partial charge is 0.0645 e. The molecule has 1 heterocycles. The van der Waals surface area contributed by atoms with Crippen LogP contribution < -0.4 is 11.1 Å². The van der Waals surface area contributed by atoms with Crippen LogP contribution in [-0.4, -0.2) is 34.6 Å². The molecule has 2 aromatic rings. The summed E-state index contributed by atoms with van der Waals surface area (Å²) in [6, 6.07) is 10.2. The zero-order chi connectivity index (χ0) is 14.9. The molecule has 0 aliphatic carbocycles. The Hall–Kier alpha value is -1.69. The van der Waals surface area contributed by atoms with Gasteiger partial charge in [-0.25, -0.2) is 4.68 Å². The van der Waals surface area contributed by atoms with Crippen LogP contribution >= 0.6 is 0 Å². The summed E-state index contributed by atoms with van der Waals surface area (Å²) in [4.78, 5) is 0. The van der Waals surface area contributed by atoms with Crippen LogP contribution in [-0.2, 0) is 0 Å². The van der Waals surface area contributed by atoms with Crippen molar-refractivity contribution >= 4 is 0 Å². The molecule has 0 radical (unpaired) electrons. The molecule has 0 spiro atoms. The van der Waals surface area contributed by atoms with Crippen molar-refractivity contribution < 1.29 is 5.11 Å². The minimum atomic E-state index is 0.122. The third-order valence-electron chi connectivity index (χ3n) is 3.49. The van der Waals surface area contributed by atoms with Crippen LogP contribution in [0.15, 0.2) is 42.7 Å². The highest BCUT2D eigenvalue weighted by atomic mass is 16.2. The fourth-order valence-corrected chi connectivity index (χ4v) is 2.27. The monoisotopic (exact) mass is 288 g/mol. The second-order valence-electron chi connectivity index (χ2n) is 5.08. The normalized spacial score (nSPS) is 12.5. The zero-order valence-electron chi connectivity index (χ0n) is 12.3. The summed E-state index contributed by atoms with van der Waals surface area (Å²) in [5.41, 5.74) is 8.00. The number of hydrogen-bond donors (Lipinski definition) is 3. The van der Waals surface area contributed by atoms with Gasteiger partial charge in [0, 0.05) is 31.0 Å². The molecular formula is C16H24N4O. The Morgan fingerprint density at radius 2 is 2.00 bits per heavy atom. The summed E-state index contributed by atoms with van der Waals surface area (Å²) in [7, 11) is 0. The molecule has 1 unspecified atom stereocenters. The van der Waals surface area contributed by atoms with Crippen molar-refractivity contribution in [2.24, 2.45) is 5.73 Å². The summed E-state index contributed by atoms with van der Waals surface area (Å²) in [5.74, 6) is 0. The van der Waals surface area contributed by atoms with Crippen LogP contribution in [0.3, 0.4) is 0 Å². The third kappa shape index (κ3) is 4.67. The predicted molar refractivity (Wildman–Crippen MR) is 84.3 cm³/mol. The molecule has 0 aliphatic heterocycles. The maximum absolute atomic E-state index is 8.76. The molecule has 5 nitrogen and oxygen atoms in total. The summed E-state index contributed by atoms with van der Waals surface area (Å²) >= 11 is 0. The lowest BCUT2D eigenvalue weighted by Gasteiger charge is -2.15. The average molecular weight is 288 g/mol. The Bertz CT molecular complexity index is 512. The minimum absolute atomic E-state index is 0.122. The first-order valence-corrected chi connectivity index (χ1v) is 7.49. The van der Waals surface area contributed by atoms with E-state index in [1.165, 1.54) is 0 Å². The Morgan fingerprint density at radius 1 is 1.19 bits per heavy atom. The van der Waals surface area contributed by atoms with Crippen molar-refractivity contribution in [2.75, 3.05) is 19.7 Å². The van der Waals surface area contributed by atoms with Gasteiger partial charge in [-0.2, -0.15) is 5.10 Å². The van der Waals surface area contributed by atoms with Gasteiger partial charge < -0.3 is 16.2 Å². The van der Waals surface area contributed by atoms with Gasteiger partial charge in [0.25, 0.3) is 0 Å². The zero-order valence-corrected chi connectivity index (χ0v) is 12.3. The molecule has 0 bridgehead atoms. The maximum atomic E-state index is 8.76. The molecule has 0 saturated heterocycles. The van der Waals surface area contributed by atoms with Crippen LogP contribution in [0.4, 0.5) is 0 Å². The number of aromatic nitrogens is 2. The SMILES string of the molecule is NCC(NCCCCCO)c1cnn(-c2ccccc2)c1. The number of nitrogens with one attached hydrogen (secondary N) is 1. The average Bonchev–Trinajstić information content (AvgIpc) is 3.01. The van der Waals surface area contributed by atoms with E-state index in [0.717, 1.165) is 37.1 Å². The van der Waals surface area contributed by atoms with E-state index in [-0.39, 0.29) is 12.6 Å². The van der Waals surface area contributed by atoms with Gasteiger partial charge in [0.1, 0.15) is 0 Å². The molecule has 0 saturated carbocycles. The first kappa shape index (κ1) is 15.7. The highest BCUT2D eigenvalue weighted by Gasteiger charge is 2.11. The van der Waals surface area contributed by atoms with Crippen molar-refractivity contribution in [3.63, 3.8) is 0 Å². The van der Waals surface area contributed by atoms with Crippen LogP contribution in [0.25, 0.3) is 5.69 Å². The van der Waals surface area contributed by atoms with Crippen LogP contribution in [0.5, 0.6) is 0 Å². The molecule has 0 aliphatic rings. The lowest BCUT2D eigenvalue weighted by molar-refractivity contribution is 0.282. The molecule has 2 rings (SSSR count). The summed E-state index contributed by atoms with van der Waals surface area (Å²) in [6.07, 6.45) is 6.83. The van der Waals surface area contributed by atoms with E-state index in [2.05, 4.69) is 10.4 Å². The second kappa shape index (κ2) is 8.56. The van der Waals surface area contributed by atoms with Crippen LogP contribution in [0.1, 0.15) is 30.9 Å². The number of aliphatic hydroxyl groups excluding tert-OH is 1. The first-order valence-electron chi connectivity index (χ1n) is 7.49. The molecule has 0 amide bonds. The molecule has 4 N–H and O–H groups in total. The van der Waals surface area contributed by atoms with Gasteiger partial charge in [-0.3, -0.25) is 0 Å². The number of aliphatic hydroxyl groups is 1. The molecule has 114 valence electrons. The molecule has 1 aromatic carbocycles. The standard InChI is InChI=1S/C16H24N4O/c17-11-16(18-9-5-2-6-10-21)14-12-19-20(13-14)15-7-3-1-4-8-15/h1,3-4,7-8,12-13,16,18,21H,2,5-6,9-11,17H2.